The summed E-state index contributed by atoms with van der Waals surface area (Å²) in [6.45, 7) is 4.67. The molecule has 0 aliphatic heterocycles. The highest BCUT2D eigenvalue weighted by Gasteiger charge is 2.14. The number of nitrogens with zero attached hydrogens (tertiary/aromatic N) is 6. The molecule has 0 aliphatic rings. The molecule has 0 aliphatic carbocycles. The van der Waals surface area contributed by atoms with Crippen molar-refractivity contribution in [1.82, 2.24) is 24.4 Å². The lowest BCUT2D eigenvalue weighted by molar-refractivity contribution is -0.384. The molecule has 0 atom stereocenters. The quantitative estimate of drug-likeness (QED) is 0.289. The van der Waals surface area contributed by atoms with Crippen molar-refractivity contribution >= 4 is 28.8 Å². The fourth-order valence-corrected chi connectivity index (χ4v) is 3.22. The molecule has 4 aromatic rings. The zero-order valence-electron chi connectivity index (χ0n) is 15.8. The zero-order valence-corrected chi connectivity index (χ0v) is 16.5. The Kier molecular flexibility index (Phi) is 4.89. The average molecular weight is 412 g/mol. The first kappa shape index (κ1) is 18.9. The van der Waals surface area contributed by atoms with Crippen LogP contribution < -0.4 is 5.32 Å². The molecule has 0 spiro atoms. The van der Waals surface area contributed by atoms with Crippen molar-refractivity contribution in [1.29, 1.82) is 0 Å². The van der Waals surface area contributed by atoms with Crippen LogP contribution in [-0.4, -0.2) is 29.3 Å². The molecule has 148 valence electrons. The largest absolute Gasteiger partial charge is 0.366 e. The number of nitro groups is 1. The first-order valence-corrected chi connectivity index (χ1v) is 9.36. The molecular weight excluding hydrogens is 394 g/mol. The molecule has 4 rings (SSSR count). The summed E-state index contributed by atoms with van der Waals surface area (Å²) in [5.41, 5.74) is 3.40. The van der Waals surface area contributed by atoms with E-state index in [1.54, 1.807) is 16.8 Å². The molecule has 0 fully saturated rings. The zero-order chi connectivity index (χ0) is 20.5. The molecule has 9 nitrogen and oxygen atoms in total. The van der Waals surface area contributed by atoms with E-state index in [0.717, 1.165) is 28.3 Å². The Labute approximate surface area is 171 Å². The van der Waals surface area contributed by atoms with Crippen molar-refractivity contribution < 1.29 is 4.92 Å². The van der Waals surface area contributed by atoms with Gasteiger partial charge in [-0.15, -0.1) is 0 Å². The van der Waals surface area contributed by atoms with Gasteiger partial charge in [0.2, 0.25) is 0 Å². The van der Waals surface area contributed by atoms with Gasteiger partial charge in [-0.2, -0.15) is 14.7 Å². The van der Waals surface area contributed by atoms with Gasteiger partial charge in [-0.25, -0.2) is 9.67 Å². The number of nitrogens with one attached hydrogen (secondary N) is 1. The minimum atomic E-state index is -0.469. The van der Waals surface area contributed by atoms with Crippen LogP contribution >= 0.6 is 11.6 Å². The topological polar surface area (TPSA) is 103 Å². The summed E-state index contributed by atoms with van der Waals surface area (Å²) >= 11 is 6.21. The van der Waals surface area contributed by atoms with Gasteiger partial charge < -0.3 is 5.32 Å². The number of rotatable bonds is 6. The normalized spacial score (nSPS) is 11.3. The third kappa shape index (κ3) is 3.77. The van der Waals surface area contributed by atoms with Crippen LogP contribution in [0.4, 0.5) is 11.5 Å². The molecule has 29 heavy (non-hydrogen) atoms. The number of hydrogen-bond donors (Lipinski definition) is 1. The Balaban J connectivity index is 1.59. The summed E-state index contributed by atoms with van der Waals surface area (Å²) in [5.74, 6) is 1.01. The van der Waals surface area contributed by atoms with Gasteiger partial charge >= 0.3 is 5.69 Å². The molecule has 3 heterocycles. The van der Waals surface area contributed by atoms with Crippen LogP contribution in [-0.2, 0) is 6.54 Å². The van der Waals surface area contributed by atoms with E-state index < -0.39 is 4.92 Å². The predicted molar refractivity (Wildman–Crippen MR) is 110 cm³/mol. The molecule has 0 radical (unpaired) electrons. The molecule has 0 saturated heterocycles. The third-order valence-corrected chi connectivity index (χ3v) is 4.71. The van der Waals surface area contributed by atoms with E-state index in [0.29, 0.717) is 11.7 Å². The monoisotopic (exact) mass is 411 g/mol. The van der Waals surface area contributed by atoms with Crippen LogP contribution in [0, 0.1) is 10.1 Å². The van der Waals surface area contributed by atoms with Crippen LogP contribution in [0.1, 0.15) is 30.9 Å². The molecule has 10 heteroatoms. The minimum absolute atomic E-state index is 0.0537. The Morgan fingerprint density at radius 3 is 2.79 bits per heavy atom. The van der Waals surface area contributed by atoms with Gasteiger partial charge in [0.15, 0.2) is 5.65 Å². The van der Waals surface area contributed by atoms with Gasteiger partial charge in [0.05, 0.1) is 16.8 Å². The lowest BCUT2D eigenvalue weighted by Crippen LogP contribution is -2.07. The van der Waals surface area contributed by atoms with Crippen LogP contribution in [0.3, 0.4) is 0 Å². The van der Waals surface area contributed by atoms with Gasteiger partial charge in [-0.05, 0) is 23.6 Å². The SMILES string of the molecule is CC(C)c1cnn2c(NCc3cccc(-n4cc([N+](=O)[O-])cn4)c3)cc(Cl)nc12. The van der Waals surface area contributed by atoms with Gasteiger partial charge in [-0.3, -0.25) is 10.1 Å². The smallest absolute Gasteiger partial charge is 0.307 e. The third-order valence-electron chi connectivity index (χ3n) is 4.52. The van der Waals surface area contributed by atoms with Crippen LogP contribution in [0.15, 0.2) is 48.9 Å². The van der Waals surface area contributed by atoms with E-state index in [4.69, 9.17) is 11.6 Å². The summed E-state index contributed by atoms with van der Waals surface area (Å²) in [5, 5.41) is 23.1. The molecule has 0 bridgehead atoms. The molecule has 1 aromatic carbocycles. The van der Waals surface area contributed by atoms with E-state index in [9.17, 15) is 10.1 Å². The fourth-order valence-electron chi connectivity index (χ4n) is 3.03. The number of halogens is 1. The highest BCUT2D eigenvalue weighted by atomic mass is 35.5. The van der Waals surface area contributed by atoms with Crippen LogP contribution in [0.5, 0.6) is 0 Å². The van der Waals surface area contributed by atoms with E-state index in [-0.39, 0.29) is 11.6 Å². The molecule has 0 unspecified atom stereocenters. The van der Waals surface area contributed by atoms with E-state index in [1.807, 2.05) is 24.3 Å². The molecule has 1 N–H and O–H groups in total. The highest BCUT2D eigenvalue weighted by molar-refractivity contribution is 6.29. The predicted octanol–water partition coefficient (Wildman–Crippen LogP) is 4.21. The standard InChI is InChI=1S/C19H18ClN7O2/c1-12(2)16-10-23-26-18(7-17(20)24-19(16)26)21-8-13-4-3-5-14(6-13)25-11-15(9-22-25)27(28)29/h3-7,9-12,21H,8H2,1-2H3. The number of hydrogen-bond acceptors (Lipinski definition) is 6. The summed E-state index contributed by atoms with van der Waals surface area (Å²) in [6.07, 6.45) is 4.42. The number of anilines is 1. The first-order valence-electron chi connectivity index (χ1n) is 8.99. The summed E-state index contributed by atoms with van der Waals surface area (Å²) < 4.78 is 3.22. The maximum atomic E-state index is 10.9. The first-order chi connectivity index (χ1) is 13.9. The number of aromatic nitrogens is 5. The van der Waals surface area contributed by atoms with E-state index >= 15 is 0 Å². The van der Waals surface area contributed by atoms with Gasteiger partial charge in [0.25, 0.3) is 0 Å². The fraction of sp³-hybridized carbons (Fsp3) is 0.211. The second kappa shape index (κ2) is 7.51. The number of benzene rings is 1. The summed E-state index contributed by atoms with van der Waals surface area (Å²) in [4.78, 5) is 14.8. The Morgan fingerprint density at radius 1 is 1.24 bits per heavy atom. The second-order valence-corrected chi connectivity index (χ2v) is 7.27. The second-order valence-electron chi connectivity index (χ2n) is 6.88. The Hall–Kier alpha value is -3.46. The van der Waals surface area contributed by atoms with E-state index in [2.05, 4.69) is 34.3 Å². The van der Waals surface area contributed by atoms with Crippen LogP contribution in [0.2, 0.25) is 5.15 Å². The maximum absolute atomic E-state index is 10.9. The Morgan fingerprint density at radius 2 is 2.07 bits per heavy atom. The Bertz CT molecular complexity index is 1200. The van der Waals surface area contributed by atoms with Crippen molar-refractivity contribution in [2.45, 2.75) is 26.3 Å². The minimum Gasteiger partial charge on any atom is -0.366 e. The number of fused-ring (bicyclic) bond motifs is 1. The molecule has 0 saturated carbocycles. The molecular formula is C19H18ClN7O2. The lowest BCUT2D eigenvalue weighted by Gasteiger charge is -2.11. The molecule has 3 aromatic heterocycles. The van der Waals surface area contributed by atoms with Gasteiger partial charge in [0.1, 0.15) is 23.4 Å². The summed E-state index contributed by atoms with van der Waals surface area (Å²) in [7, 11) is 0. The molecule has 0 amide bonds. The highest BCUT2D eigenvalue weighted by Crippen LogP contribution is 2.24. The summed E-state index contributed by atoms with van der Waals surface area (Å²) in [6, 6.07) is 9.31. The van der Waals surface area contributed by atoms with Crippen molar-refractivity contribution in [3.05, 3.63) is 75.3 Å². The van der Waals surface area contributed by atoms with Crippen molar-refractivity contribution in [2.75, 3.05) is 5.32 Å². The van der Waals surface area contributed by atoms with Crippen molar-refractivity contribution in [3.63, 3.8) is 0 Å². The van der Waals surface area contributed by atoms with Gasteiger partial charge in [-0.1, -0.05) is 37.6 Å². The maximum Gasteiger partial charge on any atom is 0.307 e. The lowest BCUT2D eigenvalue weighted by atomic mass is 10.1. The van der Waals surface area contributed by atoms with Crippen molar-refractivity contribution in [3.8, 4) is 5.69 Å². The van der Waals surface area contributed by atoms with Crippen molar-refractivity contribution in [2.24, 2.45) is 0 Å². The van der Waals surface area contributed by atoms with Gasteiger partial charge in [0, 0.05) is 18.2 Å². The van der Waals surface area contributed by atoms with Crippen LogP contribution in [0.25, 0.3) is 11.3 Å². The van der Waals surface area contributed by atoms with E-state index in [1.165, 1.54) is 17.1 Å². The average Bonchev–Trinajstić information content (AvgIpc) is 3.33.